The Hall–Kier alpha value is -2.93. The van der Waals surface area contributed by atoms with Crippen LogP contribution >= 0.6 is 11.3 Å². The van der Waals surface area contributed by atoms with Crippen LogP contribution in [0.5, 0.6) is 5.75 Å². The summed E-state index contributed by atoms with van der Waals surface area (Å²) in [5, 5.41) is 6.12. The maximum atomic E-state index is 12.2. The fraction of sp³-hybridized carbons (Fsp3) is 0.211. The lowest BCUT2D eigenvalue weighted by Gasteiger charge is -2.06. The van der Waals surface area contributed by atoms with E-state index in [1.54, 1.807) is 7.11 Å². The predicted octanol–water partition coefficient (Wildman–Crippen LogP) is 3.83. The quantitative estimate of drug-likeness (QED) is 0.692. The Morgan fingerprint density at radius 1 is 1.12 bits per heavy atom. The summed E-state index contributed by atoms with van der Waals surface area (Å²) in [6, 6.07) is 13.2. The third-order valence-corrected chi connectivity index (χ3v) is 4.71. The second-order valence-electron chi connectivity index (χ2n) is 5.78. The van der Waals surface area contributed by atoms with Crippen molar-refractivity contribution in [2.24, 2.45) is 0 Å². The van der Waals surface area contributed by atoms with Crippen molar-refractivity contribution in [3.63, 3.8) is 0 Å². The molecule has 2 amide bonds. The molecule has 2 N–H and O–H groups in total. The molecular formula is C19H19N3O3S. The maximum absolute atomic E-state index is 12.2. The molecule has 7 heteroatoms. The van der Waals surface area contributed by atoms with Gasteiger partial charge in [-0.3, -0.25) is 9.59 Å². The van der Waals surface area contributed by atoms with Gasteiger partial charge in [0.25, 0.3) is 0 Å². The Morgan fingerprint density at radius 2 is 1.88 bits per heavy atom. The lowest BCUT2D eigenvalue weighted by atomic mass is 10.1. The van der Waals surface area contributed by atoms with E-state index in [1.807, 2.05) is 42.5 Å². The third-order valence-electron chi connectivity index (χ3n) is 3.75. The van der Waals surface area contributed by atoms with Crippen molar-refractivity contribution >= 4 is 44.2 Å². The number of thiazole rings is 1. The molecule has 0 atom stereocenters. The summed E-state index contributed by atoms with van der Waals surface area (Å²) in [7, 11) is 1.63. The normalized spacial score (nSPS) is 10.5. The number of benzene rings is 2. The van der Waals surface area contributed by atoms with Crippen LogP contribution in [0.4, 0.5) is 10.8 Å². The fourth-order valence-corrected chi connectivity index (χ4v) is 3.38. The SMILES string of the molecule is COc1ccc(CCC(=O)Nc2ccc3sc(NC(C)=O)nc3c2)cc1. The summed E-state index contributed by atoms with van der Waals surface area (Å²) in [5.74, 6) is 0.585. The number of carbonyl (C=O) groups is 2. The summed E-state index contributed by atoms with van der Waals surface area (Å²) >= 11 is 1.40. The first kappa shape index (κ1) is 17.9. The number of anilines is 2. The summed E-state index contributed by atoms with van der Waals surface area (Å²) < 4.78 is 6.07. The third kappa shape index (κ3) is 4.58. The predicted molar refractivity (Wildman–Crippen MR) is 104 cm³/mol. The van der Waals surface area contributed by atoms with E-state index in [2.05, 4.69) is 15.6 Å². The van der Waals surface area contributed by atoms with Gasteiger partial charge in [-0.15, -0.1) is 0 Å². The van der Waals surface area contributed by atoms with Crippen LogP contribution in [0.1, 0.15) is 18.9 Å². The molecule has 3 aromatic rings. The zero-order valence-corrected chi connectivity index (χ0v) is 15.4. The molecule has 0 fully saturated rings. The molecule has 6 nitrogen and oxygen atoms in total. The molecule has 0 saturated heterocycles. The van der Waals surface area contributed by atoms with Crippen molar-refractivity contribution in [2.75, 3.05) is 17.7 Å². The fourth-order valence-electron chi connectivity index (χ4n) is 2.48. The van der Waals surface area contributed by atoms with E-state index in [4.69, 9.17) is 4.74 Å². The first-order valence-electron chi connectivity index (χ1n) is 8.14. The molecule has 26 heavy (non-hydrogen) atoms. The van der Waals surface area contributed by atoms with Crippen LogP contribution in [0, 0.1) is 0 Å². The highest BCUT2D eigenvalue weighted by atomic mass is 32.1. The molecule has 0 aliphatic rings. The van der Waals surface area contributed by atoms with Gasteiger partial charge in [0.2, 0.25) is 11.8 Å². The monoisotopic (exact) mass is 369 g/mol. The van der Waals surface area contributed by atoms with Gasteiger partial charge < -0.3 is 15.4 Å². The highest BCUT2D eigenvalue weighted by Gasteiger charge is 2.08. The number of amides is 2. The number of aryl methyl sites for hydroxylation is 1. The van der Waals surface area contributed by atoms with Crippen LogP contribution in [0.25, 0.3) is 10.2 Å². The van der Waals surface area contributed by atoms with Crippen molar-refractivity contribution in [1.29, 1.82) is 0 Å². The van der Waals surface area contributed by atoms with E-state index in [-0.39, 0.29) is 11.8 Å². The van der Waals surface area contributed by atoms with Gasteiger partial charge in [0.1, 0.15) is 5.75 Å². The molecular weight excluding hydrogens is 350 g/mol. The van der Waals surface area contributed by atoms with Crippen molar-refractivity contribution in [3.05, 3.63) is 48.0 Å². The maximum Gasteiger partial charge on any atom is 0.224 e. The van der Waals surface area contributed by atoms with Gasteiger partial charge in [-0.05, 0) is 42.3 Å². The highest BCUT2D eigenvalue weighted by molar-refractivity contribution is 7.22. The van der Waals surface area contributed by atoms with Crippen LogP contribution in [0.2, 0.25) is 0 Å². The van der Waals surface area contributed by atoms with E-state index >= 15 is 0 Å². The number of hydrogen-bond acceptors (Lipinski definition) is 5. The average molecular weight is 369 g/mol. The van der Waals surface area contributed by atoms with Gasteiger partial charge in [0.15, 0.2) is 5.13 Å². The molecule has 1 heterocycles. The number of hydrogen-bond donors (Lipinski definition) is 2. The number of ether oxygens (including phenoxy) is 1. The lowest BCUT2D eigenvalue weighted by molar-refractivity contribution is -0.116. The number of nitrogens with one attached hydrogen (secondary N) is 2. The molecule has 0 unspecified atom stereocenters. The zero-order valence-electron chi connectivity index (χ0n) is 14.5. The van der Waals surface area contributed by atoms with Crippen LogP contribution in [0.3, 0.4) is 0 Å². The summed E-state index contributed by atoms with van der Waals surface area (Å²) in [4.78, 5) is 27.7. The van der Waals surface area contributed by atoms with Crippen LogP contribution in [0.15, 0.2) is 42.5 Å². The van der Waals surface area contributed by atoms with Gasteiger partial charge in [0.05, 0.1) is 17.3 Å². The van der Waals surface area contributed by atoms with Crippen LogP contribution < -0.4 is 15.4 Å². The summed E-state index contributed by atoms with van der Waals surface area (Å²) in [6.07, 6.45) is 1.04. The van der Waals surface area contributed by atoms with E-state index < -0.39 is 0 Å². The standard InChI is InChI=1S/C19H19N3O3S/c1-12(23)20-19-22-16-11-14(6-9-17(16)26-19)21-18(24)10-5-13-3-7-15(25-2)8-4-13/h3-4,6-9,11H,5,10H2,1-2H3,(H,21,24)(H,20,22,23). The van der Waals surface area contributed by atoms with E-state index in [9.17, 15) is 9.59 Å². The van der Waals surface area contributed by atoms with Gasteiger partial charge in [0, 0.05) is 19.0 Å². The molecule has 0 aliphatic heterocycles. The molecule has 0 saturated carbocycles. The number of carbonyl (C=O) groups excluding carboxylic acids is 2. The summed E-state index contributed by atoms with van der Waals surface area (Å²) in [5.41, 5.74) is 2.51. The van der Waals surface area contributed by atoms with Crippen LogP contribution in [-0.2, 0) is 16.0 Å². The van der Waals surface area contributed by atoms with Gasteiger partial charge in [-0.2, -0.15) is 0 Å². The Kier molecular flexibility index (Phi) is 5.48. The first-order valence-corrected chi connectivity index (χ1v) is 8.96. The Labute approximate surface area is 155 Å². The second kappa shape index (κ2) is 7.97. The molecule has 2 aromatic carbocycles. The van der Waals surface area contributed by atoms with E-state index in [0.717, 1.165) is 21.5 Å². The Balaban J connectivity index is 1.60. The summed E-state index contributed by atoms with van der Waals surface area (Å²) in [6.45, 7) is 1.44. The number of rotatable bonds is 6. The topological polar surface area (TPSA) is 80.3 Å². The minimum absolute atomic E-state index is 0.0579. The van der Waals surface area contributed by atoms with Crippen molar-refractivity contribution in [3.8, 4) is 5.75 Å². The van der Waals surface area contributed by atoms with Crippen LogP contribution in [-0.4, -0.2) is 23.9 Å². The number of fused-ring (bicyclic) bond motifs is 1. The number of methoxy groups -OCH3 is 1. The lowest BCUT2D eigenvalue weighted by Crippen LogP contribution is -2.12. The zero-order chi connectivity index (χ0) is 18.5. The number of aromatic nitrogens is 1. The Morgan fingerprint density at radius 3 is 2.58 bits per heavy atom. The smallest absolute Gasteiger partial charge is 0.224 e. The van der Waals surface area contributed by atoms with Crippen molar-refractivity contribution in [2.45, 2.75) is 19.8 Å². The van der Waals surface area contributed by atoms with Gasteiger partial charge in [-0.25, -0.2) is 4.98 Å². The first-order chi connectivity index (χ1) is 12.5. The van der Waals surface area contributed by atoms with E-state index in [1.165, 1.54) is 18.3 Å². The average Bonchev–Trinajstić information content (AvgIpc) is 3.01. The highest BCUT2D eigenvalue weighted by Crippen LogP contribution is 2.28. The minimum Gasteiger partial charge on any atom is -0.497 e. The molecule has 0 spiro atoms. The number of nitrogens with zero attached hydrogens (tertiary/aromatic N) is 1. The van der Waals surface area contributed by atoms with Gasteiger partial charge >= 0.3 is 0 Å². The molecule has 134 valence electrons. The molecule has 0 bridgehead atoms. The molecule has 3 rings (SSSR count). The molecule has 0 radical (unpaired) electrons. The molecule has 1 aromatic heterocycles. The van der Waals surface area contributed by atoms with Crippen molar-refractivity contribution < 1.29 is 14.3 Å². The Bertz CT molecular complexity index is 935. The second-order valence-corrected chi connectivity index (χ2v) is 6.81. The van der Waals surface area contributed by atoms with Gasteiger partial charge in [-0.1, -0.05) is 23.5 Å². The van der Waals surface area contributed by atoms with Crippen molar-refractivity contribution in [1.82, 2.24) is 4.98 Å². The largest absolute Gasteiger partial charge is 0.497 e. The molecule has 0 aliphatic carbocycles. The minimum atomic E-state index is -0.156. The van der Waals surface area contributed by atoms with E-state index in [0.29, 0.717) is 23.7 Å².